The van der Waals surface area contributed by atoms with Gasteiger partial charge in [0.25, 0.3) is 5.56 Å². The number of nitrogens with one attached hydrogen (secondary N) is 2. The van der Waals surface area contributed by atoms with Gasteiger partial charge in [-0.3, -0.25) is 15.1 Å². The molecule has 1 saturated heterocycles. The summed E-state index contributed by atoms with van der Waals surface area (Å²) in [7, 11) is 0. The SMILES string of the molecule is CCCCC(c1cc(O)cc2[nH]c(=O)c(-c3cccc(C(=N)N)c3)cc12)N1C(C)CCCC1C. The van der Waals surface area contributed by atoms with Crippen molar-refractivity contribution in [2.75, 3.05) is 0 Å². The summed E-state index contributed by atoms with van der Waals surface area (Å²) in [6.07, 6.45) is 6.77. The summed E-state index contributed by atoms with van der Waals surface area (Å²) in [6, 6.07) is 13.8. The van der Waals surface area contributed by atoms with Crippen molar-refractivity contribution in [1.29, 1.82) is 5.41 Å². The van der Waals surface area contributed by atoms with Crippen LogP contribution in [0.15, 0.2) is 47.3 Å². The van der Waals surface area contributed by atoms with E-state index < -0.39 is 0 Å². The van der Waals surface area contributed by atoms with E-state index in [1.807, 2.05) is 24.3 Å². The second-order valence-corrected chi connectivity index (χ2v) is 9.74. The number of aromatic hydroxyl groups is 1. The van der Waals surface area contributed by atoms with Crippen molar-refractivity contribution in [2.24, 2.45) is 5.73 Å². The first-order chi connectivity index (χ1) is 16.3. The van der Waals surface area contributed by atoms with Crippen LogP contribution in [0.3, 0.4) is 0 Å². The van der Waals surface area contributed by atoms with Gasteiger partial charge in [-0.05, 0) is 62.4 Å². The molecule has 6 nitrogen and oxygen atoms in total. The summed E-state index contributed by atoms with van der Waals surface area (Å²) >= 11 is 0. The predicted octanol–water partition coefficient (Wildman–Crippen LogP) is 5.68. The lowest BCUT2D eigenvalue weighted by molar-refractivity contribution is 0.0495. The van der Waals surface area contributed by atoms with Gasteiger partial charge in [0.05, 0.1) is 5.52 Å². The van der Waals surface area contributed by atoms with Gasteiger partial charge in [0.15, 0.2) is 0 Å². The highest BCUT2D eigenvalue weighted by atomic mass is 16.3. The summed E-state index contributed by atoms with van der Waals surface area (Å²) in [5, 5.41) is 19.3. The number of likely N-dealkylation sites (tertiary alicyclic amines) is 1. The van der Waals surface area contributed by atoms with E-state index in [4.69, 9.17) is 11.1 Å². The van der Waals surface area contributed by atoms with Gasteiger partial charge in [0, 0.05) is 40.7 Å². The Morgan fingerprint density at radius 2 is 1.94 bits per heavy atom. The van der Waals surface area contributed by atoms with Crippen LogP contribution in [0.4, 0.5) is 0 Å². The molecule has 3 unspecified atom stereocenters. The molecular formula is C28H36N4O2. The smallest absolute Gasteiger partial charge is 0.256 e. The number of nitrogens with zero attached hydrogens (tertiary/aromatic N) is 1. The first kappa shape index (κ1) is 24.0. The van der Waals surface area contributed by atoms with Crippen molar-refractivity contribution in [3.8, 4) is 16.9 Å². The minimum absolute atomic E-state index is 0.0302. The molecule has 2 aromatic carbocycles. The molecule has 2 heterocycles. The molecule has 0 spiro atoms. The van der Waals surface area contributed by atoms with Crippen LogP contribution >= 0.6 is 0 Å². The quantitative estimate of drug-likeness (QED) is 0.269. The fourth-order valence-corrected chi connectivity index (χ4v) is 5.59. The van der Waals surface area contributed by atoms with E-state index in [-0.39, 0.29) is 23.2 Å². The normalized spacial score (nSPS) is 19.9. The molecule has 0 bridgehead atoms. The summed E-state index contributed by atoms with van der Waals surface area (Å²) in [6.45, 7) is 6.82. The number of nitrogen functional groups attached to an aromatic ring is 1. The van der Waals surface area contributed by atoms with Crippen molar-refractivity contribution < 1.29 is 5.11 Å². The predicted molar refractivity (Wildman–Crippen MR) is 140 cm³/mol. The summed E-state index contributed by atoms with van der Waals surface area (Å²) in [5.74, 6) is 0.140. The average Bonchev–Trinajstić information content (AvgIpc) is 2.80. The third-order valence-electron chi connectivity index (χ3n) is 7.27. The van der Waals surface area contributed by atoms with Gasteiger partial charge in [0.2, 0.25) is 0 Å². The molecule has 1 fully saturated rings. The Balaban J connectivity index is 1.92. The molecule has 0 radical (unpaired) electrons. The Labute approximate surface area is 201 Å². The average molecular weight is 461 g/mol. The second-order valence-electron chi connectivity index (χ2n) is 9.74. The van der Waals surface area contributed by atoms with Crippen LogP contribution in [0, 0.1) is 5.41 Å². The van der Waals surface area contributed by atoms with Crippen LogP contribution in [0.1, 0.15) is 76.5 Å². The van der Waals surface area contributed by atoms with Gasteiger partial charge in [-0.2, -0.15) is 0 Å². The number of unbranched alkanes of at least 4 members (excludes halogenated alkanes) is 1. The Morgan fingerprint density at radius 3 is 2.62 bits per heavy atom. The Bertz CT molecular complexity index is 1240. The third-order valence-corrected chi connectivity index (χ3v) is 7.27. The number of aromatic nitrogens is 1. The molecule has 3 aromatic rings. The molecule has 0 aliphatic carbocycles. The van der Waals surface area contributed by atoms with Crippen LogP contribution in [0.5, 0.6) is 5.75 Å². The highest BCUT2D eigenvalue weighted by molar-refractivity contribution is 5.96. The Hall–Kier alpha value is -3.12. The molecule has 180 valence electrons. The maximum absolute atomic E-state index is 13.1. The minimum Gasteiger partial charge on any atom is -0.508 e. The number of rotatable bonds is 7. The van der Waals surface area contributed by atoms with Crippen LogP contribution in [-0.4, -0.2) is 32.9 Å². The van der Waals surface area contributed by atoms with Crippen molar-refractivity contribution in [3.63, 3.8) is 0 Å². The van der Waals surface area contributed by atoms with Crippen LogP contribution in [-0.2, 0) is 0 Å². The molecular weight excluding hydrogens is 424 g/mol. The zero-order valence-corrected chi connectivity index (χ0v) is 20.4. The molecule has 6 heteroatoms. The Morgan fingerprint density at radius 1 is 1.21 bits per heavy atom. The fourth-order valence-electron chi connectivity index (χ4n) is 5.59. The molecule has 3 atom stereocenters. The van der Waals surface area contributed by atoms with Gasteiger partial charge in [-0.15, -0.1) is 0 Å². The highest BCUT2D eigenvalue weighted by Gasteiger charge is 2.33. The number of piperidine rings is 1. The lowest BCUT2D eigenvalue weighted by Gasteiger charge is -2.45. The molecule has 1 aromatic heterocycles. The number of phenols is 1. The second kappa shape index (κ2) is 10.0. The summed E-state index contributed by atoms with van der Waals surface area (Å²) in [5.41, 5.74) is 9.01. The maximum Gasteiger partial charge on any atom is 0.256 e. The van der Waals surface area contributed by atoms with E-state index in [9.17, 15) is 9.90 Å². The minimum atomic E-state index is -0.227. The van der Waals surface area contributed by atoms with Crippen LogP contribution in [0.25, 0.3) is 22.0 Å². The van der Waals surface area contributed by atoms with E-state index in [0.29, 0.717) is 28.7 Å². The first-order valence-electron chi connectivity index (χ1n) is 12.4. The van der Waals surface area contributed by atoms with Crippen molar-refractivity contribution in [2.45, 2.75) is 77.4 Å². The maximum atomic E-state index is 13.1. The summed E-state index contributed by atoms with van der Waals surface area (Å²) in [4.78, 5) is 18.7. The lowest BCUT2D eigenvalue weighted by atomic mass is 9.88. The number of amidine groups is 1. The van der Waals surface area contributed by atoms with Crippen LogP contribution < -0.4 is 11.3 Å². The number of hydrogen-bond acceptors (Lipinski definition) is 4. The van der Waals surface area contributed by atoms with Gasteiger partial charge in [0.1, 0.15) is 11.6 Å². The summed E-state index contributed by atoms with van der Waals surface area (Å²) < 4.78 is 0. The Kier molecular flexibility index (Phi) is 7.08. The molecule has 1 aliphatic heterocycles. The number of aromatic amines is 1. The topological polar surface area (TPSA) is 106 Å². The number of pyridine rings is 1. The van der Waals surface area contributed by atoms with E-state index in [1.54, 1.807) is 18.2 Å². The molecule has 5 N–H and O–H groups in total. The number of nitrogens with two attached hydrogens (primary N) is 1. The largest absolute Gasteiger partial charge is 0.508 e. The molecule has 0 amide bonds. The van der Waals surface area contributed by atoms with Gasteiger partial charge >= 0.3 is 0 Å². The lowest BCUT2D eigenvalue weighted by Crippen LogP contribution is -2.46. The number of hydrogen-bond donors (Lipinski definition) is 4. The number of phenolic OH excluding ortho intramolecular Hbond substituents is 1. The number of H-pyrrole nitrogens is 1. The van der Waals surface area contributed by atoms with Crippen molar-refractivity contribution in [3.05, 3.63) is 63.9 Å². The first-order valence-corrected chi connectivity index (χ1v) is 12.4. The number of benzene rings is 2. The van der Waals surface area contributed by atoms with Crippen molar-refractivity contribution in [1.82, 2.24) is 9.88 Å². The zero-order valence-electron chi connectivity index (χ0n) is 20.4. The monoisotopic (exact) mass is 460 g/mol. The molecule has 4 rings (SSSR count). The number of fused-ring (bicyclic) bond motifs is 1. The van der Waals surface area contributed by atoms with E-state index in [2.05, 4.69) is 30.7 Å². The highest BCUT2D eigenvalue weighted by Crippen LogP contribution is 2.40. The van der Waals surface area contributed by atoms with E-state index >= 15 is 0 Å². The third kappa shape index (κ3) is 4.73. The van der Waals surface area contributed by atoms with E-state index in [1.165, 1.54) is 19.3 Å². The van der Waals surface area contributed by atoms with Crippen molar-refractivity contribution >= 4 is 16.7 Å². The molecule has 0 saturated carbocycles. The van der Waals surface area contributed by atoms with Crippen LogP contribution in [0.2, 0.25) is 0 Å². The standard InChI is InChI=1S/C28H36N4O2/c1-4-5-12-26(32-17(2)8-6-9-18(32)3)24-14-21(33)15-25-23(24)16-22(28(34)31-25)19-10-7-11-20(13-19)27(29)30/h7,10-11,13-18,26,33H,4-6,8-9,12H2,1-3H3,(H3,29,30)(H,31,34). The molecule has 1 aliphatic rings. The zero-order chi connectivity index (χ0) is 24.4. The molecule has 34 heavy (non-hydrogen) atoms. The van der Waals surface area contributed by atoms with Gasteiger partial charge in [-0.25, -0.2) is 0 Å². The fraction of sp³-hybridized carbons (Fsp3) is 0.429. The van der Waals surface area contributed by atoms with Gasteiger partial charge in [-0.1, -0.05) is 44.4 Å². The van der Waals surface area contributed by atoms with E-state index in [0.717, 1.165) is 35.8 Å². The van der Waals surface area contributed by atoms with Gasteiger partial charge < -0.3 is 15.8 Å².